The van der Waals surface area contributed by atoms with Gasteiger partial charge in [-0.15, -0.1) is 0 Å². The number of carbonyl (C=O) groups excluding carboxylic acids is 1. The lowest BCUT2D eigenvalue weighted by molar-refractivity contribution is -0.134. The summed E-state index contributed by atoms with van der Waals surface area (Å²) < 4.78 is 4.44. The van der Waals surface area contributed by atoms with Crippen LogP contribution < -0.4 is 0 Å². The zero-order valence-corrected chi connectivity index (χ0v) is 15.1. The lowest BCUT2D eigenvalue weighted by atomic mass is 10.0. The van der Waals surface area contributed by atoms with Crippen molar-refractivity contribution in [1.82, 2.24) is 0 Å². The van der Waals surface area contributed by atoms with E-state index >= 15 is 0 Å². The quantitative estimate of drug-likeness (QED) is 0.263. The molecule has 0 aliphatic rings. The van der Waals surface area contributed by atoms with Crippen LogP contribution in [0.25, 0.3) is 0 Å². The summed E-state index contributed by atoms with van der Waals surface area (Å²) in [6, 6.07) is 0. The van der Waals surface area contributed by atoms with Gasteiger partial charge < -0.3 is 4.43 Å². The van der Waals surface area contributed by atoms with Gasteiger partial charge in [0.2, 0.25) is 0 Å². The molecule has 3 heteroatoms. The zero-order valence-electron chi connectivity index (χ0n) is 14.1. The van der Waals surface area contributed by atoms with E-state index in [-0.39, 0.29) is 5.97 Å². The van der Waals surface area contributed by atoms with Gasteiger partial charge in [0.05, 0.1) is 0 Å². The summed E-state index contributed by atoms with van der Waals surface area (Å²) in [5.41, 5.74) is 0. The summed E-state index contributed by atoms with van der Waals surface area (Å²) >= 11 is 0. The summed E-state index contributed by atoms with van der Waals surface area (Å²) in [5, 5.41) is 0. The molecule has 0 aliphatic heterocycles. The van der Waals surface area contributed by atoms with Gasteiger partial charge in [-0.1, -0.05) is 96.8 Å². The van der Waals surface area contributed by atoms with Gasteiger partial charge in [0.15, 0.2) is 0 Å². The Kier molecular flexibility index (Phi) is 17.5. The van der Waals surface area contributed by atoms with E-state index in [1.54, 1.807) is 0 Å². The van der Waals surface area contributed by atoms with Crippen LogP contribution in [0.15, 0.2) is 0 Å². The van der Waals surface area contributed by atoms with Crippen molar-refractivity contribution in [2.45, 2.75) is 110 Å². The minimum absolute atomic E-state index is 0.152. The first-order valence-corrected chi connectivity index (χ1v) is 9.58. The van der Waals surface area contributed by atoms with Crippen molar-refractivity contribution in [3.8, 4) is 0 Å². The van der Waals surface area contributed by atoms with E-state index in [1.165, 1.54) is 83.5 Å². The van der Waals surface area contributed by atoms with Crippen LogP contribution in [0.3, 0.4) is 0 Å². The van der Waals surface area contributed by atoms with Crippen molar-refractivity contribution in [1.29, 1.82) is 0 Å². The first-order chi connectivity index (χ1) is 10.3. The van der Waals surface area contributed by atoms with E-state index in [4.69, 9.17) is 0 Å². The Morgan fingerprint density at radius 1 is 0.667 bits per heavy atom. The van der Waals surface area contributed by atoms with Gasteiger partial charge in [-0.05, 0) is 6.42 Å². The maximum absolute atomic E-state index is 10.9. The van der Waals surface area contributed by atoms with Crippen LogP contribution in [0.2, 0.25) is 0 Å². The zero-order chi connectivity index (χ0) is 15.6. The number of hydrogen-bond acceptors (Lipinski definition) is 2. The predicted octanol–water partition coefficient (Wildman–Crippen LogP) is 5.87. The Labute approximate surface area is 136 Å². The van der Waals surface area contributed by atoms with Gasteiger partial charge in [0.25, 0.3) is 5.97 Å². The fourth-order valence-corrected chi connectivity index (χ4v) is 2.79. The fraction of sp³-hybridized carbons (Fsp3) is 0.944. The van der Waals surface area contributed by atoms with Gasteiger partial charge >= 0.3 is 10.5 Å². The third-order valence-electron chi connectivity index (χ3n) is 4.10. The molecule has 0 fully saturated rings. The van der Waals surface area contributed by atoms with Crippen molar-refractivity contribution in [3.63, 3.8) is 0 Å². The van der Waals surface area contributed by atoms with Crippen molar-refractivity contribution in [2.24, 2.45) is 0 Å². The molecule has 0 aliphatic carbocycles. The third kappa shape index (κ3) is 17.6. The molecule has 0 amide bonds. The molecule has 2 nitrogen and oxygen atoms in total. The first-order valence-electron chi connectivity index (χ1n) is 9.17. The molecule has 0 aromatic rings. The molecule has 0 aromatic carbocycles. The standard InChI is InChI=1S/C18H35O2Si/c1-2-3-4-5-6-7-8-9-10-11-12-13-14-15-16-17-18(19)20-21/h2-17H2,1H3. The van der Waals surface area contributed by atoms with Gasteiger partial charge in [0, 0.05) is 6.42 Å². The smallest absolute Gasteiger partial charge is 0.345 e. The molecule has 0 spiro atoms. The fourth-order valence-electron chi connectivity index (χ4n) is 2.69. The number of hydrogen-bond donors (Lipinski definition) is 0. The Morgan fingerprint density at radius 2 is 1.00 bits per heavy atom. The van der Waals surface area contributed by atoms with Gasteiger partial charge in [-0.2, -0.15) is 0 Å². The van der Waals surface area contributed by atoms with Crippen molar-refractivity contribution in [3.05, 3.63) is 0 Å². The average molecular weight is 312 g/mol. The summed E-state index contributed by atoms with van der Waals surface area (Å²) in [6.45, 7) is 2.27. The van der Waals surface area contributed by atoms with Crippen LogP contribution in [-0.2, 0) is 9.22 Å². The van der Waals surface area contributed by atoms with Crippen LogP contribution in [0.4, 0.5) is 0 Å². The molecule has 0 rings (SSSR count). The highest BCUT2D eigenvalue weighted by atomic mass is 28.2. The van der Waals surface area contributed by atoms with Crippen LogP contribution in [0.5, 0.6) is 0 Å². The summed E-state index contributed by atoms with van der Waals surface area (Å²) in [7, 11) is 2.76. The lowest BCUT2D eigenvalue weighted by Crippen LogP contribution is -2.00. The predicted molar refractivity (Wildman–Crippen MR) is 91.4 cm³/mol. The molecular formula is C18H35O2Si. The first kappa shape index (κ1) is 20.7. The SMILES string of the molecule is CCCCCCCCCCCCCCCCCC(=O)O[Si]. The van der Waals surface area contributed by atoms with Crippen LogP contribution >= 0.6 is 0 Å². The number of carbonyl (C=O) groups is 1. The Morgan fingerprint density at radius 3 is 1.33 bits per heavy atom. The lowest BCUT2D eigenvalue weighted by Gasteiger charge is -2.03. The highest BCUT2D eigenvalue weighted by molar-refractivity contribution is 6.05. The average Bonchev–Trinajstić information content (AvgIpc) is 2.50. The number of unbranched alkanes of at least 4 members (excludes halogenated alkanes) is 14. The molecule has 0 bridgehead atoms. The molecule has 3 radical (unpaired) electrons. The van der Waals surface area contributed by atoms with Crippen LogP contribution in [0, 0.1) is 0 Å². The summed E-state index contributed by atoms with van der Waals surface area (Å²) in [4.78, 5) is 10.9. The van der Waals surface area contributed by atoms with Gasteiger partial charge in [0.1, 0.15) is 0 Å². The second-order valence-electron chi connectivity index (χ2n) is 6.17. The van der Waals surface area contributed by atoms with E-state index in [9.17, 15) is 4.79 Å². The highest BCUT2D eigenvalue weighted by Crippen LogP contribution is 2.13. The maximum Gasteiger partial charge on any atom is 0.345 e. The second-order valence-corrected chi connectivity index (χ2v) is 6.38. The Bertz CT molecular complexity index is 219. The minimum Gasteiger partial charge on any atom is -0.516 e. The maximum atomic E-state index is 10.9. The molecular weight excluding hydrogens is 276 g/mol. The van der Waals surface area contributed by atoms with E-state index in [0.717, 1.165) is 12.8 Å². The molecule has 21 heavy (non-hydrogen) atoms. The Hall–Kier alpha value is -0.313. The molecule has 0 saturated heterocycles. The Balaban J connectivity index is 2.98. The monoisotopic (exact) mass is 311 g/mol. The van der Waals surface area contributed by atoms with Crippen LogP contribution in [0.1, 0.15) is 110 Å². The van der Waals surface area contributed by atoms with E-state index < -0.39 is 0 Å². The van der Waals surface area contributed by atoms with E-state index in [0.29, 0.717) is 6.42 Å². The summed E-state index contributed by atoms with van der Waals surface area (Å²) in [5.74, 6) is -0.152. The minimum atomic E-state index is -0.152. The molecule has 0 unspecified atom stereocenters. The highest BCUT2D eigenvalue weighted by Gasteiger charge is 1.99. The normalized spacial score (nSPS) is 10.8. The topological polar surface area (TPSA) is 26.3 Å². The van der Waals surface area contributed by atoms with Crippen molar-refractivity contribution in [2.75, 3.05) is 0 Å². The van der Waals surface area contributed by atoms with E-state index in [1.807, 2.05) is 0 Å². The molecule has 0 N–H and O–H groups in total. The van der Waals surface area contributed by atoms with Crippen molar-refractivity contribution >= 4 is 16.5 Å². The summed E-state index contributed by atoms with van der Waals surface area (Å²) in [6.07, 6.45) is 20.8. The third-order valence-corrected chi connectivity index (χ3v) is 4.33. The number of rotatable bonds is 16. The largest absolute Gasteiger partial charge is 0.516 e. The van der Waals surface area contributed by atoms with E-state index in [2.05, 4.69) is 21.8 Å². The molecule has 0 atom stereocenters. The second kappa shape index (κ2) is 17.7. The molecule has 123 valence electrons. The molecule has 0 heterocycles. The van der Waals surface area contributed by atoms with Crippen LogP contribution in [-0.4, -0.2) is 16.5 Å². The van der Waals surface area contributed by atoms with Gasteiger partial charge in [-0.3, -0.25) is 4.79 Å². The van der Waals surface area contributed by atoms with Crippen molar-refractivity contribution < 1.29 is 9.22 Å². The molecule has 0 saturated carbocycles. The molecule has 0 aromatic heterocycles. The van der Waals surface area contributed by atoms with Gasteiger partial charge in [-0.25, -0.2) is 0 Å².